The number of hydrogen-bond donors (Lipinski definition) is 2. The second-order valence-electron chi connectivity index (χ2n) is 4.66. The van der Waals surface area contributed by atoms with Gasteiger partial charge in [-0.25, -0.2) is 4.79 Å². The van der Waals surface area contributed by atoms with Crippen molar-refractivity contribution in [2.75, 3.05) is 18.5 Å². The molecule has 0 spiro atoms. The molecular weight excluding hydrogens is 336 g/mol. The highest BCUT2D eigenvalue weighted by Crippen LogP contribution is 2.29. The summed E-state index contributed by atoms with van der Waals surface area (Å²) in [4.78, 5) is 16.4. The Morgan fingerprint density at radius 3 is 2.95 bits per heavy atom. The largest absolute Gasteiger partial charge is 0.462 e. The fraction of sp³-hybridized carbons (Fsp3) is 0.333. The van der Waals surface area contributed by atoms with Crippen LogP contribution < -0.4 is 5.32 Å². The van der Waals surface area contributed by atoms with Crippen LogP contribution in [-0.4, -0.2) is 35.3 Å². The Kier molecular flexibility index (Phi) is 5.14. The summed E-state index contributed by atoms with van der Waals surface area (Å²) in [6.07, 6.45) is 0.967. The van der Waals surface area contributed by atoms with Gasteiger partial charge in [-0.15, -0.1) is 0 Å². The molecule has 1 heterocycles. The number of benzene rings is 1. The molecule has 2 N–H and O–H groups in total. The molecule has 0 saturated heterocycles. The van der Waals surface area contributed by atoms with Gasteiger partial charge in [0.1, 0.15) is 5.56 Å². The van der Waals surface area contributed by atoms with Crippen molar-refractivity contribution in [3.63, 3.8) is 0 Å². The number of fused-ring (bicyclic) bond motifs is 1. The van der Waals surface area contributed by atoms with Gasteiger partial charge in [-0.05, 0) is 32.0 Å². The van der Waals surface area contributed by atoms with Gasteiger partial charge in [-0.3, -0.25) is 4.98 Å². The Hall–Kier alpha value is -1.66. The van der Waals surface area contributed by atoms with E-state index < -0.39 is 12.1 Å². The second kappa shape index (κ2) is 6.87. The number of anilines is 1. The van der Waals surface area contributed by atoms with Crippen molar-refractivity contribution in [3.05, 3.63) is 34.4 Å². The molecule has 5 nitrogen and oxygen atoms in total. The Morgan fingerprint density at radius 2 is 2.29 bits per heavy atom. The minimum atomic E-state index is -0.532. The van der Waals surface area contributed by atoms with Crippen LogP contribution in [0.4, 0.5) is 5.69 Å². The maximum Gasteiger partial charge on any atom is 0.341 e. The van der Waals surface area contributed by atoms with E-state index in [-0.39, 0.29) is 0 Å². The number of ether oxygens (including phenoxy) is 1. The normalized spacial score (nSPS) is 12.2. The monoisotopic (exact) mass is 352 g/mol. The molecular formula is C15H17BrN2O3. The van der Waals surface area contributed by atoms with E-state index in [4.69, 9.17) is 4.74 Å². The van der Waals surface area contributed by atoms with Crippen LogP contribution in [0.15, 0.2) is 28.9 Å². The smallest absolute Gasteiger partial charge is 0.341 e. The number of rotatable bonds is 5. The molecule has 0 aliphatic heterocycles. The summed E-state index contributed by atoms with van der Waals surface area (Å²) in [7, 11) is 0. The van der Waals surface area contributed by atoms with Crippen LogP contribution in [0.25, 0.3) is 10.9 Å². The van der Waals surface area contributed by atoms with Gasteiger partial charge in [0.15, 0.2) is 0 Å². The van der Waals surface area contributed by atoms with Crippen molar-refractivity contribution >= 4 is 38.5 Å². The first-order valence-electron chi connectivity index (χ1n) is 6.70. The van der Waals surface area contributed by atoms with Crippen molar-refractivity contribution in [1.82, 2.24) is 4.98 Å². The molecule has 0 aliphatic rings. The maximum absolute atomic E-state index is 12.1. The number of aromatic nitrogens is 1. The Labute approximate surface area is 131 Å². The van der Waals surface area contributed by atoms with Crippen LogP contribution in [0.1, 0.15) is 24.2 Å². The molecule has 1 aromatic carbocycles. The minimum absolute atomic E-state index is 0.297. The topological polar surface area (TPSA) is 71.5 Å². The van der Waals surface area contributed by atoms with Crippen LogP contribution in [0.2, 0.25) is 0 Å². The van der Waals surface area contributed by atoms with E-state index >= 15 is 0 Å². The Balaban J connectivity index is 2.55. The van der Waals surface area contributed by atoms with Gasteiger partial charge in [0, 0.05) is 22.6 Å². The molecule has 2 rings (SSSR count). The first-order chi connectivity index (χ1) is 10.0. The van der Waals surface area contributed by atoms with E-state index in [0.29, 0.717) is 24.4 Å². The van der Waals surface area contributed by atoms with Crippen molar-refractivity contribution in [2.45, 2.75) is 20.0 Å². The average molecular weight is 353 g/mol. The third-order valence-electron chi connectivity index (χ3n) is 2.90. The van der Waals surface area contributed by atoms with Gasteiger partial charge in [0.2, 0.25) is 0 Å². The summed E-state index contributed by atoms with van der Waals surface area (Å²) < 4.78 is 5.95. The molecule has 0 aliphatic carbocycles. The summed E-state index contributed by atoms with van der Waals surface area (Å²) in [6.45, 7) is 4.06. The van der Waals surface area contributed by atoms with Gasteiger partial charge in [0.25, 0.3) is 0 Å². The van der Waals surface area contributed by atoms with E-state index in [2.05, 4.69) is 26.2 Å². The molecule has 1 atom stereocenters. The van der Waals surface area contributed by atoms with Crippen LogP contribution in [-0.2, 0) is 4.74 Å². The predicted molar refractivity (Wildman–Crippen MR) is 85.6 cm³/mol. The number of pyridine rings is 1. The second-order valence-corrected chi connectivity index (χ2v) is 5.57. The summed E-state index contributed by atoms with van der Waals surface area (Å²) in [5.41, 5.74) is 1.75. The zero-order valence-electron chi connectivity index (χ0n) is 11.9. The zero-order valence-corrected chi connectivity index (χ0v) is 13.5. The van der Waals surface area contributed by atoms with Crippen molar-refractivity contribution in [1.29, 1.82) is 0 Å². The number of nitrogens with zero attached hydrogens (tertiary/aromatic N) is 1. The first kappa shape index (κ1) is 15.7. The van der Waals surface area contributed by atoms with Crippen molar-refractivity contribution < 1.29 is 14.6 Å². The highest BCUT2D eigenvalue weighted by molar-refractivity contribution is 9.10. The van der Waals surface area contributed by atoms with Crippen LogP contribution in [0.3, 0.4) is 0 Å². The lowest BCUT2D eigenvalue weighted by molar-refractivity contribution is 0.0527. The number of esters is 1. The van der Waals surface area contributed by atoms with Crippen LogP contribution in [0.5, 0.6) is 0 Å². The number of aliphatic hydroxyl groups excluding tert-OH is 1. The summed E-state index contributed by atoms with van der Waals surface area (Å²) in [5.74, 6) is -0.431. The quantitative estimate of drug-likeness (QED) is 0.809. The van der Waals surface area contributed by atoms with E-state index in [1.807, 2.05) is 18.2 Å². The molecule has 6 heteroatoms. The number of hydrogen-bond acceptors (Lipinski definition) is 5. The van der Waals surface area contributed by atoms with E-state index in [1.165, 1.54) is 6.20 Å². The molecule has 0 saturated carbocycles. The van der Waals surface area contributed by atoms with E-state index in [0.717, 1.165) is 15.4 Å². The SMILES string of the molecule is CCOC(=O)c1cnc2ccc(Br)cc2c1NC[C@H](C)O. The number of aliphatic hydroxyl groups is 1. The first-order valence-corrected chi connectivity index (χ1v) is 7.49. The number of halogens is 1. The minimum Gasteiger partial charge on any atom is -0.462 e. The highest BCUT2D eigenvalue weighted by Gasteiger charge is 2.17. The van der Waals surface area contributed by atoms with Gasteiger partial charge in [0.05, 0.1) is 23.9 Å². The predicted octanol–water partition coefficient (Wildman–Crippen LogP) is 2.97. The number of carbonyl (C=O) groups is 1. The van der Waals surface area contributed by atoms with E-state index in [9.17, 15) is 9.90 Å². The van der Waals surface area contributed by atoms with Gasteiger partial charge in [-0.1, -0.05) is 15.9 Å². The number of nitrogens with one attached hydrogen (secondary N) is 1. The van der Waals surface area contributed by atoms with Crippen LogP contribution in [0, 0.1) is 0 Å². The summed E-state index contributed by atoms with van der Waals surface area (Å²) in [5, 5.41) is 13.4. The molecule has 112 valence electrons. The van der Waals surface area contributed by atoms with Crippen molar-refractivity contribution in [2.24, 2.45) is 0 Å². The Bertz CT molecular complexity index is 659. The van der Waals surface area contributed by atoms with Crippen LogP contribution >= 0.6 is 15.9 Å². The third kappa shape index (κ3) is 3.71. The number of carbonyl (C=O) groups excluding carboxylic acids is 1. The molecule has 0 unspecified atom stereocenters. The third-order valence-corrected chi connectivity index (χ3v) is 3.39. The molecule has 0 radical (unpaired) electrons. The fourth-order valence-electron chi connectivity index (χ4n) is 1.97. The van der Waals surface area contributed by atoms with Gasteiger partial charge < -0.3 is 15.2 Å². The summed E-state index contributed by atoms with van der Waals surface area (Å²) in [6, 6.07) is 5.63. The average Bonchev–Trinajstić information content (AvgIpc) is 2.44. The lowest BCUT2D eigenvalue weighted by Gasteiger charge is -2.15. The molecule has 0 amide bonds. The molecule has 0 fully saturated rings. The van der Waals surface area contributed by atoms with Crippen molar-refractivity contribution in [3.8, 4) is 0 Å². The molecule has 1 aromatic heterocycles. The summed E-state index contributed by atoms with van der Waals surface area (Å²) >= 11 is 3.42. The van der Waals surface area contributed by atoms with E-state index in [1.54, 1.807) is 13.8 Å². The highest BCUT2D eigenvalue weighted by atomic mass is 79.9. The van der Waals surface area contributed by atoms with Gasteiger partial charge in [-0.2, -0.15) is 0 Å². The standard InChI is InChI=1S/C15H17BrN2O3/c1-3-21-15(20)12-8-17-13-5-4-10(16)6-11(13)14(12)18-7-9(2)19/h4-6,8-9,19H,3,7H2,1-2H3,(H,17,18)/t9-/m0/s1. The lowest BCUT2D eigenvalue weighted by Crippen LogP contribution is -2.18. The molecule has 0 bridgehead atoms. The fourth-order valence-corrected chi connectivity index (χ4v) is 2.33. The molecule has 2 aromatic rings. The lowest BCUT2D eigenvalue weighted by atomic mass is 10.1. The Morgan fingerprint density at radius 1 is 1.52 bits per heavy atom. The van der Waals surface area contributed by atoms with Gasteiger partial charge >= 0.3 is 5.97 Å². The molecule has 21 heavy (non-hydrogen) atoms. The maximum atomic E-state index is 12.1. The zero-order chi connectivity index (χ0) is 15.4.